The van der Waals surface area contributed by atoms with Crippen molar-refractivity contribution in [1.29, 1.82) is 0 Å². The Hall–Kier alpha value is -3.07. The summed E-state index contributed by atoms with van der Waals surface area (Å²) in [5, 5.41) is 0. The van der Waals surface area contributed by atoms with Gasteiger partial charge in [0.15, 0.2) is 0 Å². The van der Waals surface area contributed by atoms with Crippen LogP contribution in [0.2, 0.25) is 0 Å². The van der Waals surface area contributed by atoms with E-state index in [1.807, 2.05) is 44.2 Å². The van der Waals surface area contributed by atoms with Crippen LogP contribution in [0.4, 0.5) is 4.39 Å². The Kier molecular flexibility index (Phi) is 10.00. The maximum atomic E-state index is 14.0. The first-order valence-corrected chi connectivity index (χ1v) is 15.8. The highest BCUT2D eigenvalue weighted by atomic mass is 32.2. The van der Waals surface area contributed by atoms with Crippen LogP contribution in [-0.4, -0.2) is 38.4 Å². The van der Waals surface area contributed by atoms with Gasteiger partial charge in [0.05, 0.1) is 17.9 Å². The van der Waals surface area contributed by atoms with Crippen LogP contribution in [-0.2, 0) is 38.9 Å². The second-order valence-corrected chi connectivity index (χ2v) is 13.1. The lowest BCUT2D eigenvalue weighted by Crippen LogP contribution is -2.33. The van der Waals surface area contributed by atoms with Gasteiger partial charge in [-0.3, -0.25) is 4.79 Å². The number of fused-ring (bicyclic) bond motifs is 1. The van der Waals surface area contributed by atoms with E-state index in [1.54, 1.807) is 23.4 Å². The molecule has 0 radical (unpaired) electrons. The fourth-order valence-corrected chi connectivity index (χ4v) is 7.52. The van der Waals surface area contributed by atoms with Crippen molar-refractivity contribution in [1.82, 2.24) is 4.31 Å². The van der Waals surface area contributed by atoms with Gasteiger partial charge in [0.2, 0.25) is 10.0 Å². The normalized spacial score (nSPS) is 17.5. The Morgan fingerprint density at radius 1 is 1.10 bits per heavy atom. The lowest BCUT2D eigenvalue weighted by Gasteiger charge is -2.25. The van der Waals surface area contributed by atoms with Crippen LogP contribution in [0.15, 0.2) is 59.5 Å². The molecule has 8 heteroatoms. The zero-order valence-corrected chi connectivity index (χ0v) is 25.3. The fraction of sp³-hybridized carbons (Fsp3) is 0.424. The van der Waals surface area contributed by atoms with E-state index in [-0.39, 0.29) is 43.2 Å². The van der Waals surface area contributed by atoms with Crippen molar-refractivity contribution in [3.63, 3.8) is 0 Å². The quantitative estimate of drug-likeness (QED) is 0.306. The molecule has 3 aromatic carbocycles. The number of hydrogen-bond acceptors (Lipinski definition) is 5. The zero-order valence-electron chi connectivity index (χ0n) is 24.5. The predicted octanol–water partition coefficient (Wildman–Crippen LogP) is 5.80. The van der Waals surface area contributed by atoms with Gasteiger partial charge in [0.25, 0.3) is 0 Å². The minimum absolute atomic E-state index is 0.0989. The summed E-state index contributed by atoms with van der Waals surface area (Å²) in [6.45, 7) is 9.14. The first-order valence-electron chi connectivity index (χ1n) is 14.4. The average Bonchev–Trinajstić information content (AvgIpc) is 3.00. The first-order chi connectivity index (χ1) is 19.5. The van der Waals surface area contributed by atoms with Crippen LogP contribution in [0.5, 0.6) is 0 Å². The van der Waals surface area contributed by atoms with Crippen molar-refractivity contribution in [3.05, 3.63) is 99.4 Å². The molecule has 1 aliphatic heterocycles. The minimum atomic E-state index is -3.73. The molecule has 0 aliphatic carbocycles. The summed E-state index contributed by atoms with van der Waals surface area (Å²) >= 11 is 0. The third kappa shape index (κ3) is 7.23. The second-order valence-electron chi connectivity index (χ2n) is 11.2. The van der Waals surface area contributed by atoms with E-state index in [0.29, 0.717) is 24.4 Å². The van der Waals surface area contributed by atoms with E-state index in [0.717, 1.165) is 51.8 Å². The highest BCUT2D eigenvalue weighted by molar-refractivity contribution is 7.89. The lowest BCUT2D eigenvalue weighted by molar-refractivity contribution is -0.143. The number of aryl methyl sites for hydroxylation is 3. The molecule has 1 aliphatic rings. The Morgan fingerprint density at radius 2 is 1.88 bits per heavy atom. The predicted molar refractivity (Wildman–Crippen MR) is 160 cm³/mol. The number of sulfonamides is 1. The Labute approximate surface area is 243 Å². The molecule has 0 spiro atoms. The summed E-state index contributed by atoms with van der Waals surface area (Å²) in [5.74, 6) is -0.897. The van der Waals surface area contributed by atoms with Gasteiger partial charge in [0.1, 0.15) is 5.82 Å². The number of ether oxygens (including phenoxy) is 1. The lowest BCUT2D eigenvalue weighted by atomic mass is 9.84. The number of nitrogens with zero attached hydrogens (tertiary/aromatic N) is 1. The molecule has 4 rings (SSSR count). The third-order valence-electron chi connectivity index (χ3n) is 7.90. The number of rotatable bonds is 10. The van der Waals surface area contributed by atoms with Gasteiger partial charge in [-0.2, -0.15) is 4.31 Å². The molecular weight excluding hydrogens is 539 g/mol. The second kappa shape index (κ2) is 13.3. The van der Waals surface area contributed by atoms with Crippen molar-refractivity contribution >= 4 is 16.0 Å². The molecule has 2 unspecified atom stereocenters. The Bertz CT molecular complexity index is 1510. The van der Waals surface area contributed by atoms with Gasteiger partial charge in [-0.15, -0.1) is 0 Å². The highest BCUT2D eigenvalue weighted by Gasteiger charge is 2.33. The van der Waals surface area contributed by atoms with Crippen LogP contribution in [0.25, 0.3) is 0 Å². The largest absolute Gasteiger partial charge is 0.466 e. The van der Waals surface area contributed by atoms with Crippen molar-refractivity contribution in [3.8, 4) is 0 Å². The number of carbonyl (C=O) groups excluding carboxylic acids is 1. The van der Waals surface area contributed by atoms with Crippen molar-refractivity contribution in [2.75, 3.05) is 19.7 Å². The van der Waals surface area contributed by atoms with Gasteiger partial charge < -0.3 is 10.5 Å². The van der Waals surface area contributed by atoms with Gasteiger partial charge in [0, 0.05) is 19.0 Å². The SMILES string of the molecule is CCOC(=O)CC(c1ccc(C)c(CN2CC(C)Cc3cc(CCCN)ccc3S2(=O)=O)c1)c1ccc(F)cc1C. The Morgan fingerprint density at radius 3 is 2.59 bits per heavy atom. The summed E-state index contributed by atoms with van der Waals surface area (Å²) in [4.78, 5) is 13.0. The summed E-state index contributed by atoms with van der Waals surface area (Å²) in [6.07, 6.45) is 2.47. The molecule has 0 fully saturated rings. The molecule has 3 aromatic rings. The number of hydrogen-bond donors (Lipinski definition) is 1. The van der Waals surface area contributed by atoms with E-state index >= 15 is 0 Å². The maximum Gasteiger partial charge on any atom is 0.306 e. The molecule has 2 atom stereocenters. The van der Waals surface area contributed by atoms with Crippen LogP contribution in [0.1, 0.15) is 71.6 Å². The fourth-order valence-electron chi connectivity index (χ4n) is 5.77. The topological polar surface area (TPSA) is 89.7 Å². The summed E-state index contributed by atoms with van der Waals surface area (Å²) < 4.78 is 48.7. The average molecular weight is 581 g/mol. The van der Waals surface area contributed by atoms with Crippen LogP contribution in [0, 0.1) is 25.6 Å². The molecule has 0 saturated carbocycles. The van der Waals surface area contributed by atoms with Gasteiger partial charge in [-0.25, -0.2) is 12.8 Å². The summed E-state index contributed by atoms with van der Waals surface area (Å²) in [5.41, 5.74) is 11.9. The van der Waals surface area contributed by atoms with Crippen LogP contribution in [0.3, 0.4) is 0 Å². The van der Waals surface area contributed by atoms with Crippen molar-refractivity contribution in [2.24, 2.45) is 11.7 Å². The highest BCUT2D eigenvalue weighted by Crippen LogP contribution is 2.34. The van der Waals surface area contributed by atoms with E-state index in [9.17, 15) is 17.6 Å². The monoisotopic (exact) mass is 580 g/mol. The summed E-state index contributed by atoms with van der Waals surface area (Å²) in [7, 11) is -3.73. The molecule has 6 nitrogen and oxygen atoms in total. The molecule has 2 N–H and O–H groups in total. The third-order valence-corrected chi connectivity index (χ3v) is 9.81. The van der Waals surface area contributed by atoms with Crippen molar-refractivity contribution < 1.29 is 22.3 Å². The van der Waals surface area contributed by atoms with Gasteiger partial charge in [-0.1, -0.05) is 43.3 Å². The molecule has 0 aromatic heterocycles. The van der Waals surface area contributed by atoms with E-state index in [1.165, 1.54) is 12.1 Å². The Balaban J connectivity index is 1.70. The molecule has 0 bridgehead atoms. The number of halogens is 1. The van der Waals surface area contributed by atoms with E-state index in [4.69, 9.17) is 10.5 Å². The number of benzene rings is 3. The molecule has 0 saturated heterocycles. The number of nitrogens with two attached hydrogens (primary N) is 1. The summed E-state index contributed by atoms with van der Waals surface area (Å²) in [6, 6.07) is 16.2. The van der Waals surface area contributed by atoms with Crippen LogP contribution >= 0.6 is 0 Å². The van der Waals surface area contributed by atoms with Gasteiger partial charge >= 0.3 is 5.97 Å². The minimum Gasteiger partial charge on any atom is -0.466 e. The van der Waals surface area contributed by atoms with E-state index in [2.05, 4.69) is 6.92 Å². The maximum absolute atomic E-state index is 14.0. The van der Waals surface area contributed by atoms with Gasteiger partial charge in [-0.05, 0) is 110 Å². The standard InChI is InChI=1S/C33H41FN2O4S/c1-5-40-33(37)19-31(30-12-11-29(34)16-24(30)4)26-10-8-23(3)28(18-26)21-36-20-22(2)15-27-17-25(7-6-14-35)9-13-32(27)41(36,38)39/h8-13,16-18,22,31H,5-7,14-15,19-21,35H2,1-4H3. The molecular formula is C33H41FN2O4S. The smallest absolute Gasteiger partial charge is 0.306 e. The first kappa shape index (κ1) is 30.9. The zero-order chi connectivity index (χ0) is 29.7. The molecule has 41 heavy (non-hydrogen) atoms. The molecule has 220 valence electrons. The number of carbonyl (C=O) groups is 1. The van der Waals surface area contributed by atoms with Crippen LogP contribution < -0.4 is 5.73 Å². The van der Waals surface area contributed by atoms with Crippen molar-refractivity contribution in [2.45, 2.75) is 70.7 Å². The van der Waals surface area contributed by atoms with E-state index < -0.39 is 10.0 Å². The molecule has 0 amide bonds. The molecule has 1 heterocycles. The number of esters is 1.